The van der Waals surface area contributed by atoms with Crippen LogP contribution in [0.1, 0.15) is 18.9 Å². The lowest BCUT2D eigenvalue weighted by molar-refractivity contribution is -0.384. The number of carboxylic acid groups (broad SMARTS) is 1. The summed E-state index contributed by atoms with van der Waals surface area (Å²) in [5.41, 5.74) is 0.595. The lowest BCUT2D eigenvalue weighted by atomic mass is 10.2. The minimum absolute atomic E-state index is 0.0306. The fourth-order valence-corrected chi connectivity index (χ4v) is 1.68. The highest BCUT2D eigenvalue weighted by Crippen LogP contribution is 2.13. The normalized spacial score (nSPS) is 10.5. The van der Waals surface area contributed by atoms with E-state index in [1.165, 1.54) is 41.3 Å². The van der Waals surface area contributed by atoms with Crippen LogP contribution in [-0.2, 0) is 9.59 Å². The van der Waals surface area contributed by atoms with Gasteiger partial charge in [0.05, 0.1) is 4.92 Å². The molecule has 0 radical (unpaired) electrons. The summed E-state index contributed by atoms with van der Waals surface area (Å²) >= 11 is 0. The van der Waals surface area contributed by atoms with Crippen LogP contribution in [0.25, 0.3) is 6.08 Å². The van der Waals surface area contributed by atoms with Gasteiger partial charge in [0.1, 0.15) is 6.54 Å². The van der Waals surface area contributed by atoms with Gasteiger partial charge in [0.2, 0.25) is 5.91 Å². The number of hydrogen-bond acceptors (Lipinski definition) is 4. The van der Waals surface area contributed by atoms with E-state index in [-0.39, 0.29) is 12.2 Å². The van der Waals surface area contributed by atoms with Crippen molar-refractivity contribution >= 4 is 23.6 Å². The molecular weight excluding hydrogens is 276 g/mol. The number of carbonyl (C=O) groups is 2. The maximum atomic E-state index is 11.9. The highest BCUT2D eigenvalue weighted by molar-refractivity contribution is 5.93. The van der Waals surface area contributed by atoms with Crippen molar-refractivity contribution in [2.24, 2.45) is 0 Å². The van der Waals surface area contributed by atoms with Crippen LogP contribution in [0.2, 0.25) is 0 Å². The fraction of sp³-hybridized carbons (Fsp3) is 0.286. The molecule has 1 N–H and O–H groups in total. The van der Waals surface area contributed by atoms with Gasteiger partial charge in [-0.1, -0.05) is 6.92 Å². The van der Waals surface area contributed by atoms with E-state index < -0.39 is 16.8 Å². The van der Waals surface area contributed by atoms with Crippen LogP contribution in [-0.4, -0.2) is 39.9 Å². The van der Waals surface area contributed by atoms with Crippen LogP contribution >= 0.6 is 0 Å². The molecule has 7 heteroatoms. The third kappa shape index (κ3) is 5.43. The standard InChI is InChI=1S/C14H16N2O5/c1-2-9-15(10-14(18)19)13(17)8-5-11-3-6-12(7-4-11)16(20)21/h3-8H,2,9-10H2,1H3,(H,18,19)/b8-5+. The predicted molar refractivity (Wildman–Crippen MR) is 76.6 cm³/mol. The average molecular weight is 292 g/mol. The largest absolute Gasteiger partial charge is 0.480 e. The number of aliphatic carboxylic acids is 1. The van der Waals surface area contributed by atoms with Gasteiger partial charge in [0.15, 0.2) is 0 Å². The summed E-state index contributed by atoms with van der Waals surface area (Å²) in [4.78, 5) is 33.8. The summed E-state index contributed by atoms with van der Waals surface area (Å²) < 4.78 is 0. The fourth-order valence-electron chi connectivity index (χ4n) is 1.68. The number of nitrogens with zero attached hydrogens (tertiary/aromatic N) is 2. The van der Waals surface area contributed by atoms with E-state index in [9.17, 15) is 19.7 Å². The van der Waals surface area contributed by atoms with Gasteiger partial charge in [-0.15, -0.1) is 0 Å². The highest BCUT2D eigenvalue weighted by Gasteiger charge is 2.13. The summed E-state index contributed by atoms with van der Waals surface area (Å²) in [6.07, 6.45) is 3.42. The number of amides is 1. The molecular formula is C14H16N2O5. The smallest absolute Gasteiger partial charge is 0.323 e. The Morgan fingerprint density at radius 2 is 1.95 bits per heavy atom. The van der Waals surface area contributed by atoms with E-state index in [1.807, 2.05) is 6.92 Å². The second-order valence-corrected chi connectivity index (χ2v) is 4.34. The number of hydrogen-bond donors (Lipinski definition) is 1. The van der Waals surface area contributed by atoms with Gasteiger partial charge in [-0.05, 0) is 30.2 Å². The molecule has 0 aliphatic carbocycles. The molecule has 1 aromatic rings. The first kappa shape index (κ1) is 16.4. The first-order chi connectivity index (χ1) is 9.93. The van der Waals surface area contributed by atoms with E-state index in [1.54, 1.807) is 0 Å². The Balaban J connectivity index is 2.74. The second kappa shape index (κ2) is 7.78. The zero-order valence-electron chi connectivity index (χ0n) is 11.6. The average Bonchev–Trinajstić information content (AvgIpc) is 2.44. The topological polar surface area (TPSA) is 101 Å². The summed E-state index contributed by atoms with van der Waals surface area (Å²) in [6.45, 7) is 1.86. The molecule has 7 nitrogen and oxygen atoms in total. The first-order valence-electron chi connectivity index (χ1n) is 6.37. The Morgan fingerprint density at radius 3 is 2.43 bits per heavy atom. The predicted octanol–water partition coefficient (Wildman–Crippen LogP) is 1.93. The molecule has 0 spiro atoms. The van der Waals surface area contributed by atoms with Crippen LogP contribution in [0.3, 0.4) is 0 Å². The van der Waals surface area contributed by atoms with Gasteiger partial charge < -0.3 is 10.0 Å². The Hall–Kier alpha value is -2.70. The van der Waals surface area contributed by atoms with Crippen molar-refractivity contribution in [3.05, 3.63) is 46.0 Å². The van der Waals surface area contributed by atoms with Crippen LogP contribution in [0.15, 0.2) is 30.3 Å². The Kier molecular flexibility index (Phi) is 6.06. The SMILES string of the molecule is CCCN(CC(=O)O)C(=O)/C=C/c1ccc([N+](=O)[O-])cc1. The first-order valence-corrected chi connectivity index (χ1v) is 6.37. The van der Waals surface area contributed by atoms with Crippen molar-refractivity contribution in [3.8, 4) is 0 Å². The maximum absolute atomic E-state index is 11.9. The van der Waals surface area contributed by atoms with Crippen molar-refractivity contribution in [2.45, 2.75) is 13.3 Å². The molecule has 0 heterocycles. The maximum Gasteiger partial charge on any atom is 0.323 e. The molecule has 0 unspecified atom stereocenters. The molecule has 1 rings (SSSR count). The number of nitro groups is 1. The molecule has 0 fully saturated rings. The number of carboxylic acids is 1. The van der Waals surface area contributed by atoms with Crippen molar-refractivity contribution < 1.29 is 19.6 Å². The van der Waals surface area contributed by atoms with E-state index >= 15 is 0 Å². The number of non-ortho nitro benzene ring substituents is 1. The van der Waals surface area contributed by atoms with Crippen LogP contribution in [0.5, 0.6) is 0 Å². The molecule has 0 aromatic heterocycles. The van der Waals surface area contributed by atoms with Gasteiger partial charge >= 0.3 is 5.97 Å². The molecule has 21 heavy (non-hydrogen) atoms. The molecule has 0 aliphatic heterocycles. The molecule has 1 aromatic carbocycles. The second-order valence-electron chi connectivity index (χ2n) is 4.34. The van der Waals surface area contributed by atoms with Gasteiger partial charge in [0.25, 0.3) is 5.69 Å². The summed E-state index contributed by atoms with van der Waals surface area (Å²) in [5.74, 6) is -1.47. The van der Waals surface area contributed by atoms with Crippen molar-refractivity contribution in [1.29, 1.82) is 0 Å². The molecule has 112 valence electrons. The zero-order chi connectivity index (χ0) is 15.8. The van der Waals surface area contributed by atoms with Gasteiger partial charge in [-0.2, -0.15) is 0 Å². The highest BCUT2D eigenvalue weighted by atomic mass is 16.6. The third-order valence-corrected chi connectivity index (χ3v) is 2.65. The number of benzene rings is 1. The molecule has 0 bridgehead atoms. The van der Waals surface area contributed by atoms with E-state index in [4.69, 9.17) is 5.11 Å². The quantitative estimate of drug-likeness (QED) is 0.470. The Morgan fingerprint density at radius 1 is 1.33 bits per heavy atom. The Bertz CT molecular complexity index is 551. The van der Waals surface area contributed by atoms with Gasteiger partial charge in [-0.25, -0.2) is 0 Å². The van der Waals surface area contributed by atoms with Crippen molar-refractivity contribution in [2.75, 3.05) is 13.1 Å². The number of carbonyl (C=O) groups excluding carboxylic acids is 1. The minimum atomic E-state index is -1.07. The van der Waals surface area contributed by atoms with Gasteiger partial charge in [-0.3, -0.25) is 19.7 Å². The lowest BCUT2D eigenvalue weighted by Crippen LogP contribution is -2.35. The summed E-state index contributed by atoms with van der Waals surface area (Å²) in [5, 5.41) is 19.3. The van der Waals surface area contributed by atoms with E-state index in [2.05, 4.69) is 0 Å². The number of nitro benzene ring substituents is 1. The van der Waals surface area contributed by atoms with Crippen molar-refractivity contribution in [1.82, 2.24) is 4.90 Å². The summed E-state index contributed by atoms with van der Waals surface area (Å²) in [6, 6.07) is 5.71. The van der Waals surface area contributed by atoms with Crippen LogP contribution in [0.4, 0.5) is 5.69 Å². The lowest BCUT2D eigenvalue weighted by Gasteiger charge is -2.17. The van der Waals surface area contributed by atoms with Gasteiger partial charge in [0, 0.05) is 24.8 Å². The molecule has 0 atom stereocenters. The number of rotatable bonds is 7. The van der Waals surface area contributed by atoms with E-state index in [0.717, 1.165) is 0 Å². The zero-order valence-corrected chi connectivity index (χ0v) is 11.6. The third-order valence-electron chi connectivity index (χ3n) is 2.65. The summed E-state index contributed by atoms with van der Waals surface area (Å²) in [7, 11) is 0. The Labute approximate surface area is 121 Å². The molecule has 0 saturated heterocycles. The monoisotopic (exact) mass is 292 g/mol. The van der Waals surface area contributed by atoms with E-state index in [0.29, 0.717) is 18.5 Å². The van der Waals surface area contributed by atoms with Crippen LogP contribution < -0.4 is 0 Å². The van der Waals surface area contributed by atoms with Crippen molar-refractivity contribution in [3.63, 3.8) is 0 Å². The molecule has 0 aliphatic rings. The van der Waals surface area contributed by atoms with Crippen LogP contribution in [0, 0.1) is 10.1 Å². The molecule has 0 saturated carbocycles. The molecule has 1 amide bonds. The minimum Gasteiger partial charge on any atom is -0.480 e.